The van der Waals surface area contributed by atoms with Crippen LogP contribution in [-0.4, -0.2) is 30.6 Å². The van der Waals surface area contributed by atoms with Gasteiger partial charge >= 0.3 is 0 Å². The van der Waals surface area contributed by atoms with Crippen LogP contribution in [0.15, 0.2) is 0 Å². The highest BCUT2D eigenvalue weighted by atomic mass is 16.5. The van der Waals surface area contributed by atoms with Crippen molar-refractivity contribution in [3.8, 4) is 0 Å². The second kappa shape index (κ2) is 4.70. The summed E-state index contributed by atoms with van der Waals surface area (Å²) in [5, 5.41) is 12.3. The zero-order valence-electron chi connectivity index (χ0n) is 7.85. The van der Waals surface area contributed by atoms with Crippen molar-refractivity contribution in [3.63, 3.8) is 0 Å². The molecule has 3 nitrogen and oxygen atoms in total. The predicted molar refractivity (Wildman–Crippen MR) is 45.4 cm³/mol. The number of nitrogens with one attached hydrogen (secondary N) is 1. The largest absolute Gasteiger partial charge is 0.390 e. The molecule has 68 valence electrons. The van der Waals surface area contributed by atoms with Gasteiger partial charge in [-0.1, -0.05) is 0 Å². The molecule has 0 aromatic rings. The molecule has 0 amide bonds. The topological polar surface area (TPSA) is 41.5 Å². The highest BCUT2D eigenvalue weighted by Crippen LogP contribution is 2.06. The minimum Gasteiger partial charge on any atom is -0.390 e. The number of aliphatic hydroxyl groups is 1. The van der Waals surface area contributed by atoms with Crippen LogP contribution in [0.3, 0.4) is 0 Å². The fraction of sp³-hybridized carbons (Fsp3) is 1.00. The van der Waals surface area contributed by atoms with Crippen LogP contribution in [0.2, 0.25) is 0 Å². The van der Waals surface area contributed by atoms with Gasteiger partial charge in [-0.3, -0.25) is 5.32 Å². The monoisotopic (exact) mass is 161 g/mol. The summed E-state index contributed by atoms with van der Waals surface area (Å²) in [5.41, 5.74) is -0.618. The van der Waals surface area contributed by atoms with Gasteiger partial charge in [0, 0.05) is 0 Å². The molecule has 0 aromatic carbocycles. The summed E-state index contributed by atoms with van der Waals surface area (Å²) in [6, 6.07) is 0. The molecule has 0 saturated heterocycles. The van der Waals surface area contributed by atoms with Crippen molar-refractivity contribution < 1.29 is 9.84 Å². The van der Waals surface area contributed by atoms with Gasteiger partial charge in [-0.05, 0) is 34.2 Å². The predicted octanol–water partition coefficient (Wildman–Crippen LogP) is 0.729. The third-order valence-corrected chi connectivity index (χ3v) is 1.49. The Kier molecular flexibility index (Phi) is 4.65. The fourth-order valence-corrected chi connectivity index (χ4v) is 0.569. The molecule has 1 unspecified atom stereocenters. The molecule has 0 radical (unpaired) electrons. The van der Waals surface area contributed by atoms with Crippen LogP contribution in [0.1, 0.15) is 27.2 Å². The summed E-state index contributed by atoms with van der Waals surface area (Å²) < 4.78 is 5.30. The third kappa shape index (κ3) is 7.78. The Hall–Kier alpha value is -0.120. The van der Waals surface area contributed by atoms with E-state index in [4.69, 9.17) is 4.74 Å². The van der Waals surface area contributed by atoms with Crippen molar-refractivity contribution >= 4 is 0 Å². The molecule has 3 heteroatoms. The van der Waals surface area contributed by atoms with E-state index in [1.165, 1.54) is 0 Å². The number of ether oxygens (including phenoxy) is 1. The second-order valence-electron chi connectivity index (χ2n) is 3.36. The Morgan fingerprint density at radius 3 is 2.45 bits per heavy atom. The molecule has 0 aliphatic carbocycles. The molecule has 0 fully saturated rings. The van der Waals surface area contributed by atoms with E-state index < -0.39 is 5.60 Å². The molecule has 1 atom stereocenters. The van der Waals surface area contributed by atoms with E-state index in [0.717, 1.165) is 0 Å². The van der Waals surface area contributed by atoms with Crippen molar-refractivity contribution in [2.75, 3.05) is 13.7 Å². The van der Waals surface area contributed by atoms with E-state index in [1.807, 2.05) is 14.0 Å². The van der Waals surface area contributed by atoms with E-state index in [2.05, 4.69) is 5.32 Å². The first-order valence-electron chi connectivity index (χ1n) is 3.97. The lowest BCUT2D eigenvalue weighted by molar-refractivity contribution is -0.00389. The van der Waals surface area contributed by atoms with Crippen molar-refractivity contribution in [2.24, 2.45) is 0 Å². The van der Waals surface area contributed by atoms with Crippen molar-refractivity contribution in [1.82, 2.24) is 5.32 Å². The summed E-state index contributed by atoms with van der Waals surface area (Å²) in [4.78, 5) is 0. The van der Waals surface area contributed by atoms with E-state index in [1.54, 1.807) is 13.8 Å². The molecule has 11 heavy (non-hydrogen) atoms. The van der Waals surface area contributed by atoms with E-state index in [-0.39, 0.29) is 6.23 Å². The van der Waals surface area contributed by atoms with Crippen LogP contribution in [0.5, 0.6) is 0 Å². The highest BCUT2D eigenvalue weighted by molar-refractivity contribution is 4.63. The zero-order chi connectivity index (χ0) is 8.91. The maximum absolute atomic E-state index is 9.30. The zero-order valence-corrected chi connectivity index (χ0v) is 7.85. The van der Waals surface area contributed by atoms with Crippen LogP contribution >= 0.6 is 0 Å². The van der Waals surface area contributed by atoms with Gasteiger partial charge in [0.1, 0.15) is 6.23 Å². The summed E-state index contributed by atoms with van der Waals surface area (Å²) in [7, 11) is 1.84. The van der Waals surface area contributed by atoms with Gasteiger partial charge in [-0.15, -0.1) is 0 Å². The fourth-order valence-electron chi connectivity index (χ4n) is 0.569. The van der Waals surface area contributed by atoms with Gasteiger partial charge < -0.3 is 9.84 Å². The Balaban J connectivity index is 3.28. The van der Waals surface area contributed by atoms with Crippen LogP contribution in [0.25, 0.3) is 0 Å². The molecular formula is C8H19NO2. The summed E-state index contributed by atoms with van der Waals surface area (Å²) >= 11 is 0. The first-order chi connectivity index (χ1) is 4.95. The average molecular weight is 161 g/mol. The number of hydrogen-bond acceptors (Lipinski definition) is 3. The SMILES string of the molecule is CNC(C)OCCC(C)(C)O. The highest BCUT2D eigenvalue weighted by Gasteiger charge is 2.12. The van der Waals surface area contributed by atoms with E-state index in [0.29, 0.717) is 13.0 Å². The lowest BCUT2D eigenvalue weighted by Crippen LogP contribution is -2.28. The quantitative estimate of drug-likeness (QED) is 0.584. The molecule has 0 aliphatic rings. The molecule has 0 rings (SSSR count). The van der Waals surface area contributed by atoms with Crippen molar-refractivity contribution in [1.29, 1.82) is 0 Å². The van der Waals surface area contributed by atoms with Gasteiger partial charge in [-0.25, -0.2) is 0 Å². The molecular weight excluding hydrogens is 142 g/mol. The number of hydrogen-bond donors (Lipinski definition) is 2. The summed E-state index contributed by atoms with van der Waals surface area (Å²) in [5.74, 6) is 0. The average Bonchev–Trinajstić information content (AvgIpc) is 1.85. The Morgan fingerprint density at radius 2 is 2.09 bits per heavy atom. The normalized spacial score (nSPS) is 15.0. The van der Waals surface area contributed by atoms with Crippen molar-refractivity contribution in [3.05, 3.63) is 0 Å². The minimum absolute atomic E-state index is 0.0670. The molecule has 0 aliphatic heterocycles. The third-order valence-electron chi connectivity index (χ3n) is 1.49. The molecule has 0 spiro atoms. The molecule has 0 saturated carbocycles. The molecule has 0 heterocycles. The van der Waals surface area contributed by atoms with Gasteiger partial charge in [-0.2, -0.15) is 0 Å². The first kappa shape index (κ1) is 10.9. The maximum Gasteiger partial charge on any atom is 0.105 e. The molecule has 0 bridgehead atoms. The molecule has 0 aromatic heterocycles. The van der Waals surface area contributed by atoms with Crippen LogP contribution < -0.4 is 5.32 Å². The van der Waals surface area contributed by atoms with Gasteiger partial charge in [0.25, 0.3) is 0 Å². The lowest BCUT2D eigenvalue weighted by Gasteiger charge is -2.18. The van der Waals surface area contributed by atoms with Gasteiger partial charge in [0.2, 0.25) is 0 Å². The van der Waals surface area contributed by atoms with Gasteiger partial charge in [0.15, 0.2) is 0 Å². The second-order valence-corrected chi connectivity index (χ2v) is 3.36. The summed E-state index contributed by atoms with van der Waals surface area (Å²) in [6.07, 6.45) is 0.733. The van der Waals surface area contributed by atoms with Crippen molar-refractivity contribution in [2.45, 2.75) is 39.0 Å². The Labute approximate surface area is 68.8 Å². The minimum atomic E-state index is -0.618. The number of rotatable bonds is 5. The first-order valence-corrected chi connectivity index (χ1v) is 3.97. The Morgan fingerprint density at radius 1 is 1.55 bits per heavy atom. The van der Waals surface area contributed by atoms with Crippen LogP contribution in [0, 0.1) is 0 Å². The Bertz CT molecular complexity index is 98.8. The van der Waals surface area contributed by atoms with Crippen LogP contribution in [-0.2, 0) is 4.74 Å². The van der Waals surface area contributed by atoms with E-state index >= 15 is 0 Å². The maximum atomic E-state index is 9.30. The van der Waals surface area contributed by atoms with Gasteiger partial charge in [0.05, 0.1) is 12.2 Å². The van der Waals surface area contributed by atoms with Crippen LogP contribution in [0.4, 0.5) is 0 Å². The standard InChI is InChI=1S/C8H19NO2/c1-7(9-4)11-6-5-8(2,3)10/h7,9-10H,5-6H2,1-4H3. The summed E-state index contributed by atoms with van der Waals surface area (Å²) in [6.45, 7) is 6.08. The smallest absolute Gasteiger partial charge is 0.105 e. The van der Waals surface area contributed by atoms with E-state index in [9.17, 15) is 5.11 Å². The lowest BCUT2D eigenvalue weighted by atomic mass is 10.1. The molecule has 2 N–H and O–H groups in total.